The lowest BCUT2D eigenvalue weighted by molar-refractivity contribution is 0.979. The van der Waals surface area contributed by atoms with E-state index in [-0.39, 0.29) is 0 Å². The predicted octanol–water partition coefficient (Wildman–Crippen LogP) is 3.22. The van der Waals surface area contributed by atoms with Crippen LogP contribution in [0.4, 0.5) is 11.6 Å². The summed E-state index contributed by atoms with van der Waals surface area (Å²) >= 11 is 1.65. The van der Waals surface area contributed by atoms with Gasteiger partial charge in [-0.2, -0.15) is 11.3 Å². The lowest BCUT2D eigenvalue weighted by atomic mass is 10.2. The predicted molar refractivity (Wildman–Crippen MR) is 78.1 cm³/mol. The van der Waals surface area contributed by atoms with E-state index < -0.39 is 0 Å². The van der Waals surface area contributed by atoms with Crippen LogP contribution in [0.15, 0.2) is 59.6 Å². The van der Waals surface area contributed by atoms with Crippen molar-refractivity contribution in [2.45, 2.75) is 0 Å². The van der Waals surface area contributed by atoms with Crippen LogP contribution in [0.2, 0.25) is 0 Å². The first-order chi connectivity index (χ1) is 9.34. The van der Waals surface area contributed by atoms with E-state index in [4.69, 9.17) is 5.84 Å². The molecule has 0 saturated heterocycles. The van der Waals surface area contributed by atoms with E-state index in [1.54, 1.807) is 23.7 Å². The second-order valence-corrected chi connectivity index (χ2v) is 4.77. The van der Waals surface area contributed by atoms with Gasteiger partial charge in [-0.05, 0) is 34.5 Å². The minimum Gasteiger partial charge on any atom is -0.246 e. The Morgan fingerprint density at radius 1 is 0.947 bits per heavy atom. The Morgan fingerprint density at radius 2 is 1.68 bits per heavy atom. The molecule has 0 bridgehead atoms. The second-order valence-electron chi connectivity index (χ2n) is 3.99. The standard InChI is InChI=1S/C14H12N4S/c15-18(13-4-2-1-3-5-13)14-16-8-12(9-17-14)11-6-7-19-10-11/h1-10H,15H2. The highest BCUT2D eigenvalue weighted by Gasteiger charge is 2.07. The van der Waals surface area contributed by atoms with Crippen LogP contribution >= 0.6 is 11.3 Å². The van der Waals surface area contributed by atoms with Gasteiger partial charge >= 0.3 is 0 Å². The zero-order valence-corrected chi connectivity index (χ0v) is 10.9. The van der Waals surface area contributed by atoms with Gasteiger partial charge in [-0.25, -0.2) is 20.8 Å². The molecule has 94 valence electrons. The van der Waals surface area contributed by atoms with E-state index in [0.717, 1.165) is 16.8 Å². The summed E-state index contributed by atoms with van der Waals surface area (Å²) in [5, 5.41) is 5.57. The summed E-state index contributed by atoms with van der Waals surface area (Å²) < 4.78 is 0. The monoisotopic (exact) mass is 268 g/mol. The number of benzene rings is 1. The average molecular weight is 268 g/mol. The molecule has 0 spiro atoms. The molecule has 0 radical (unpaired) electrons. The van der Waals surface area contributed by atoms with E-state index >= 15 is 0 Å². The zero-order valence-electron chi connectivity index (χ0n) is 10.1. The van der Waals surface area contributed by atoms with Crippen LogP contribution in [0.3, 0.4) is 0 Å². The lowest BCUT2D eigenvalue weighted by Gasteiger charge is -2.16. The molecule has 19 heavy (non-hydrogen) atoms. The molecule has 0 unspecified atom stereocenters. The van der Waals surface area contributed by atoms with E-state index in [2.05, 4.69) is 15.3 Å². The molecule has 3 aromatic rings. The zero-order chi connectivity index (χ0) is 13.1. The fraction of sp³-hybridized carbons (Fsp3) is 0. The highest BCUT2D eigenvalue weighted by Crippen LogP contribution is 2.22. The molecule has 0 fully saturated rings. The van der Waals surface area contributed by atoms with Gasteiger partial charge in [0, 0.05) is 18.0 Å². The molecule has 4 nitrogen and oxygen atoms in total. The first-order valence-electron chi connectivity index (χ1n) is 5.79. The van der Waals surface area contributed by atoms with Gasteiger partial charge in [0.2, 0.25) is 5.95 Å². The van der Waals surface area contributed by atoms with Gasteiger partial charge in [-0.15, -0.1) is 0 Å². The summed E-state index contributed by atoms with van der Waals surface area (Å²) in [6.45, 7) is 0. The molecule has 0 amide bonds. The smallest absolute Gasteiger partial charge is 0.244 e. The van der Waals surface area contributed by atoms with Crippen LogP contribution < -0.4 is 10.9 Å². The first kappa shape index (κ1) is 11.8. The minimum absolute atomic E-state index is 0.477. The first-order valence-corrected chi connectivity index (χ1v) is 6.73. The van der Waals surface area contributed by atoms with Crippen molar-refractivity contribution in [2.24, 2.45) is 5.84 Å². The minimum atomic E-state index is 0.477. The average Bonchev–Trinajstić information content (AvgIpc) is 3.02. The Bertz CT molecular complexity index is 635. The second kappa shape index (κ2) is 5.17. The molecule has 2 N–H and O–H groups in total. The highest BCUT2D eigenvalue weighted by atomic mass is 32.1. The molecule has 0 aliphatic rings. The van der Waals surface area contributed by atoms with Crippen molar-refractivity contribution in [1.82, 2.24) is 9.97 Å². The molecule has 0 saturated carbocycles. The number of para-hydroxylation sites is 1. The maximum Gasteiger partial charge on any atom is 0.244 e. The number of nitrogens with zero attached hydrogens (tertiary/aromatic N) is 3. The van der Waals surface area contributed by atoms with Crippen LogP contribution in [-0.4, -0.2) is 9.97 Å². The van der Waals surface area contributed by atoms with E-state index in [1.165, 1.54) is 5.01 Å². The Morgan fingerprint density at radius 3 is 2.32 bits per heavy atom. The van der Waals surface area contributed by atoms with E-state index in [9.17, 15) is 0 Å². The summed E-state index contributed by atoms with van der Waals surface area (Å²) in [6, 6.07) is 11.7. The van der Waals surface area contributed by atoms with Crippen molar-refractivity contribution in [3.05, 3.63) is 59.6 Å². The van der Waals surface area contributed by atoms with E-state index in [1.807, 2.05) is 41.8 Å². The van der Waals surface area contributed by atoms with Gasteiger partial charge in [0.1, 0.15) is 0 Å². The molecule has 0 atom stereocenters. The van der Waals surface area contributed by atoms with Gasteiger partial charge in [-0.3, -0.25) is 0 Å². The molecule has 2 heterocycles. The summed E-state index contributed by atoms with van der Waals surface area (Å²) in [5.41, 5.74) is 2.97. The maximum atomic E-state index is 6.00. The number of hydrazine groups is 1. The van der Waals surface area contributed by atoms with Gasteiger partial charge in [-0.1, -0.05) is 18.2 Å². The molecule has 3 rings (SSSR count). The van der Waals surface area contributed by atoms with Crippen molar-refractivity contribution >= 4 is 23.0 Å². The summed E-state index contributed by atoms with van der Waals surface area (Å²) in [4.78, 5) is 8.61. The van der Waals surface area contributed by atoms with E-state index in [0.29, 0.717) is 5.95 Å². The number of hydrogen-bond donors (Lipinski definition) is 1. The SMILES string of the molecule is NN(c1ccccc1)c1ncc(-c2ccsc2)cn1. The number of nitrogens with two attached hydrogens (primary N) is 1. The summed E-state index contributed by atoms with van der Waals surface area (Å²) in [6.07, 6.45) is 3.57. The Balaban J connectivity index is 1.87. The van der Waals surface area contributed by atoms with Crippen LogP contribution in [0.5, 0.6) is 0 Å². The van der Waals surface area contributed by atoms with Gasteiger partial charge in [0.15, 0.2) is 0 Å². The van der Waals surface area contributed by atoms with Gasteiger partial charge in [0.05, 0.1) is 5.69 Å². The van der Waals surface area contributed by atoms with Crippen LogP contribution in [-0.2, 0) is 0 Å². The third kappa shape index (κ3) is 2.47. The normalized spacial score (nSPS) is 10.4. The number of rotatable bonds is 3. The van der Waals surface area contributed by atoms with Crippen LogP contribution in [0.25, 0.3) is 11.1 Å². The topological polar surface area (TPSA) is 55.0 Å². The lowest BCUT2D eigenvalue weighted by Crippen LogP contribution is -2.26. The van der Waals surface area contributed by atoms with Crippen molar-refractivity contribution in [1.29, 1.82) is 0 Å². The van der Waals surface area contributed by atoms with Gasteiger partial charge < -0.3 is 0 Å². The summed E-state index contributed by atoms with van der Waals surface area (Å²) in [7, 11) is 0. The molecule has 0 aliphatic heterocycles. The molecule has 5 heteroatoms. The third-order valence-corrected chi connectivity index (χ3v) is 3.43. The molecule has 0 aliphatic carbocycles. The fourth-order valence-corrected chi connectivity index (χ4v) is 2.39. The molecular formula is C14H12N4S. The van der Waals surface area contributed by atoms with Crippen LogP contribution in [0.1, 0.15) is 0 Å². The number of thiophene rings is 1. The number of aromatic nitrogens is 2. The molecule has 1 aromatic carbocycles. The third-order valence-electron chi connectivity index (χ3n) is 2.74. The Kier molecular flexibility index (Phi) is 3.22. The van der Waals surface area contributed by atoms with Crippen LogP contribution in [0, 0.1) is 0 Å². The fourth-order valence-electron chi connectivity index (χ4n) is 1.73. The molecule has 2 aromatic heterocycles. The quantitative estimate of drug-likeness (QED) is 0.585. The number of hydrogen-bond acceptors (Lipinski definition) is 5. The molecular weight excluding hydrogens is 256 g/mol. The largest absolute Gasteiger partial charge is 0.246 e. The van der Waals surface area contributed by atoms with Crippen molar-refractivity contribution in [2.75, 3.05) is 5.01 Å². The maximum absolute atomic E-state index is 6.00. The Labute approximate surface area is 115 Å². The summed E-state index contributed by atoms with van der Waals surface area (Å²) in [5.74, 6) is 6.47. The Hall–Kier alpha value is -2.24. The van der Waals surface area contributed by atoms with Crippen molar-refractivity contribution < 1.29 is 0 Å². The number of anilines is 2. The van der Waals surface area contributed by atoms with Crippen molar-refractivity contribution in [3.8, 4) is 11.1 Å². The van der Waals surface area contributed by atoms with Gasteiger partial charge in [0.25, 0.3) is 0 Å². The highest BCUT2D eigenvalue weighted by molar-refractivity contribution is 7.08. The van der Waals surface area contributed by atoms with Crippen molar-refractivity contribution in [3.63, 3.8) is 0 Å².